The Hall–Kier alpha value is -3.15. The Kier molecular flexibility index (Phi) is 3.93. The standard InChI is InChI=1S/C19H15F2N3O/c20-14-8-7-13(16(21)10-14)12-24-18-6-2-1-5-17(18)23-19(24)22-11-15-4-3-9-25-15/h1-10H,11-12H2,(H,22,23). The smallest absolute Gasteiger partial charge is 0.204 e. The summed E-state index contributed by atoms with van der Waals surface area (Å²) < 4.78 is 34.4. The van der Waals surface area contributed by atoms with Gasteiger partial charge in [0.15, 0.2) is 0 Å². The molecule has 4 nitrogen and oxygen atoms in total. The van der Waals surface area contributed by atoms with E-state index in [0.29, 0.717) is 18.1 Å². The summed E-state index contributed by atoms with van der Waals surface area (Å²) in [6.45, 7) is 0.704. The normalized spacial score (nSPS) is 11.1. The fourth-order valence-electron chi connectivity index (χ4n) is 2.77. The first-order valence-electron chi connectivity index (χ1n) is 7.86. The third-order valence-corrected chi connectivity index (χ3v) is 4.00. The third kappa shape index (κ3) is 3.10. The molecule has 0 saturated heterocycles. The fraction of sp³-hybridized carbons (Fsp3) is 0.105. The molecular weight excluding hydrogens is 324 g/mol. The summed E-state index contributed by atoms with van der Waals surface area (Å²) in [6, 6.07) is 14.9. The summed E-state index contributed by atoms with van der Waals surface area (Å²) >= 11 is 0. The van der Waals surface area contributed by atoms with Gasteiger partial charge in [-0.2, -0.15) is 0 Å². The van der Waals surface area contributed by atoms with Crippen molar-refractivity contribution in [3.05, 3.63) is 83.8 Å². The maximum absolute atomic E-state index is 14.1. The average Bonchev–Trinajstić information content (AvgIpc) is 3.23. The van der Waals surface area contributed by atoms with Gasteiger partial charge in [0.05, 0.1) is 30.4 Å². The predicted molar refractivity (Wildman–Crippen MR) is 91.2 cm³/mol. The van der Waals surface area contributed by atoms with Gasteiger partial charge in [-0.3, -0.25) is 0 Å². The molecule has 2 aromatic carbocycles. The minimum Gasteiger partial charge on any atom is -0.467 e. The van der Waals surface area contributed by atoms with Crippen LogP contribution in [0.15, 0.2) is 65.3 Å². The number of halogens is 2. The first-order chi connectivity index (χ1) is 12.2. The lowest BCUT2D eigenvalue weighted by atomic mass is 10.2. The second kappa shape index (κ2) is 6.39. The van der Waals surface area contributed by atoms with Crippen molar-refractivity contribution >= 4 is 17.0 Å². The average molecular weight is 339 g/mol. The van der Waals surface area contributed by atoms with Crippen LogP contribution < -0.4 is 5.32 Å². The lowest BCUT2D eigenvalue weighted by molar-refractivity contribution is 0.517. The topological polar surface area (TPSA) is 43.0 Å². The van der Waals surface area contributed by atoms with Crippen LogP contribution in [0.25, 0.3) is 11.0 Å². The second-order valence-corrected chi connectivity index (χ2v) is 5.68. The molecule has 25 heavy (non-hydrogen) atoms. The zero-order chi connectivity index (χ0) is 17.2. The Bertz CT molecular complexity index is 1010. The zero-order valence-electron chi connectivity index (χ0n) is 13.2. The highest BCUT2D eigenvalue weighted by Crippen LogP contribution is 2.23. The zero-order valence-corrected chi connectivity index (χ0v) is 13.2. The van der Waals surface area contributed by atoms with Gasteiger partial charge < -0.3 is 14.3 Å². The Morgan fingerprint density at radius 2 is 1.92 bits per heavy atom. The number of nitrogens with one attached hydrogen (secondary N) is 1. The molecule has 0 fully saturated rings. The number of hydrogen-bond acceptors (Lipinski definition) is 3. The van der Waals surface area contributed by atoms with Gasteiger partial charge in [0.25, 0.3) is 0 Å². The number of benzene rings is 2. The molecule has 1 N–H and O–H groups in total. The molecule has 0 saturated carbocycles. The lowest BCUT2D eigenvalue weighted by Crippen LogP contribution is -2.09. The molecule has 6 heteroatoms. The molecule has 0 unspecified atom stereocenters. The Morgan fingerprint density at radius 3 is 2.72 bits per heavy atom. The van der Waals surface area contributed by atoms with E-state index >= 15 is 0 Å². The van der Waals surface area contributed by atoms with E-state index in [1.165, 1.54) is 12.1 Å². The number of aromatic nitrogens is 2. The molecule has 126 valence electrons. The van der Waals surface area contributed by atoms with Crippen LogP contribution in [0.3, 0.4) is 0 Å². The molecule has 2 heterocycles. The van der Waals surface area contributed by atoms with Gasteiger partial charge in [-0.25, -0.2) is 13.8 Å². The van der Waals surface area contributed by atoms with E-state index in [4.69, 9.17) is 4.42 Å². The summed E-state index contributed by atoms with van der Waals surface area (Å²) in [5, 5.41) is 3.22. The monoisotopic (exact) mass is 339 g/mol. The van der Waals surface area contributed by atoms with E-state index in [0.717, 1.165) is 22.9 Å². The van der Waals surface area contributed by atoms with E-state index in [1.807, 2.05) is 41.0 Å². The van der Waals surface area contributed by atoms with E-state index in [-0.39, 0.29) is 6.54 Å². The van der Waals surface area contributed by atoms with E-state index in [2.05, 4.69) is 10.3 Å². The largest absolute Gasteiger partial charge is 0.467 e. The highest BCUT2D eigenvalue weighted by Gasteiger charge is 2.13. The quantitative estimate of drug-likeness (QED) is 0.579. The number of hydrogen-bond donors (Lipinski definition) is 1. The molecule has 0 aliphatic rings. The van der Waals surface area contributed by atoms with Crippen molar-refractivity contribution < 1.29 is 13.2 Å². The number of imidazole rings is 1. The van der Waals surface area contributed by atoms with Crippen molar-refractivity contribution in [3.8, 4) is 0 Å². The fourth-order valence-corrected chi connectivity index (χ4v) is 2.77. The molecule has 0 spiro atoms. The van der Waals surface area contributed by atoms with Gasteiger partial charge in [-0.05, 0) is 30.3 Å². The van der Waals surface area contributed by atoms with Crippen LogP contribution in [0.2, 0.25) is 0 Å². The third-order valence-electron chi connectivity index (χ3n) is 4.00. The number of nitrogens with zero attached hydrogens (tertiary/aromatic N) is 2. The van der Waals surface area contributed by atoms with Crippen molar-refractivity contribution in [2.45, 2.75) is 13.1 Å². The van der Waals surface area contributed by atoms with Crippen molar-refractivity contribution in [1.29, 1.82) is 0 Å². The van der Waals surface area contributed by atoms with Gasteiger partial charge in [0.2, 0.25) is 5.95 Å². The van der Waals surface area contributed by atoms with Gasteiger partial charge in [0, 0.05) is 11.6 Å². The maximum atomic E-state index is 14.1. The van der Waals surface area contributed by atoms with Crippen molar-refractivity contribution in [3.63, 3.8) is 0 Å². The Labute approximate surface area is 142 Å². The summed E-state index contributed by atoms with van der Waals surface area (Å²) in [4.78, 5) is 4.57. The van der Waals surface area contributed by atoms with Crippen LogP contribution in [0.1, 0.15) is 11.3 Å². The maximum Gasteiger partial charge on any atom is 0.204 e. The van der Waals surface area contributed by atoms with Crippen LogP contribution in [0, 0.1) is 11.6 Å². The molecule has 0 aliphatic heterocycles. The van der Waals surface area contributed by atoms with Crippen molar-refractivity contribution in [2.24, 2.45) is 0 Å². The van der Waals surface area contributed by atoms with Crippen LogP contribution in [-0.2, 0) is 13.1 Å². The number of furan rings is 1. The van der Waals surface area contributed by atoms with Crippen LogP contribution >= 0.6 is 0 Å². The van der Waals surface area contributed by atoms with E-state index < -0.39 is 11.6 Å². The van der Waals surface area contributed by atoms with Crippen molar-refractivity contribution in [1.82, 2.24) is 9.55 Å². The van der Waals surface area contributed by atoms with E-state index in [1.54, 1.807) is 6.26 Å². The molecule has 2 aromatic heterocycles. The molecule has 4 rings (SSSR count). The molecule has 0 aliphatic carbocycles. The number of anilines is 1. The number of fused-ring (bicyclic) bond motifs is 1. The first kappa shape index (κ1) is 15.4. The van der Waals surface area contributed by atoms with Gasteiger partial charge in [0.1, 0.15) is 17.4 Å². The molecule has 4 aromatic rings. The van der Waals surface area contributed by atoms with Crippen LogP contribution in [0.4, 0.5) is 14.7 Å². The summed E-state index contributed by atoms with van der Waals surface area (Å²) in [5.74, 6) is 0.204. The highest BCUT2D eigenvalue weighted by molar-refractivity contribution is 5.78. The summed E-state index contributed by atoms with van der Waals surface area (Å²) in [6.07, 6.45) is 1.61. The predicted octanol–water partition coefficient (Wildman–Crippen LogP) is 4.57. The van der Waals surface area contributed by atoms with Gasteiger partial charge >= 0.3 is 0 Å². The molecule has 0 radical (unpaired) electrons. The molecular formula is C19H15F2N3O. The van der Waals surface area contributed by atoms with Crippen LogP contribution in [0.5, 0.6) is 0 Å². The van der Waals surface area contributed by atoms with Gasteiger partial charge in [-0.15, -0.1) is 0 Å². The Balaban J connectivity index is 1.71. The second-order valence-electron chi connectivity index (χ2n) is 5.68. The lowest BCUT2D eigenvalue weighted by Gasteiger charge is -2.11. The number of para-hydroxylation sites is 2. The molecule has 0 atom stereocenters. The Morgan fingerprint density at radius 1 is 1.04 bits per heavy atom. The van der Waals surface area contributed by atoms with E-state index in [9.17, 15) is 8.78 Å². The number of rotatable bonds is 5. The molecule has 0 bridgehead atoms. The highest BCUT2D eigenvalue weighted by atomic mass is 19.1. The van der Waals surface area contributed by atoms with Gasteiger partial charge in [-0.1, -0.05) is 18.2 Å². The summed E-state index contributed by atoms with van der Waals surface area (Å²) in [7, 11) is 0. The van der Waals surface area contributed by atoms with Crippen LogP contribution in [-0.4, -0.2) is 9.55 Å². The first-order valence-corrected chi connectivity index (χ1v) is 7.86. The van der Waals surface area contributed by atoms with Crippen molar-refractivity contribution in [2.75, 3.05) is 5.32 Å². The summed E-state index contributed by atoms with van der Waals surface area (Å²) in [5.41, 5.74) is 2.06. The molecule has 0 amide bonds. The SMILES string of the molecule is Fc1ccc(Cn2c(NCc3ccco3)nc3ccccc32)c(F)c1. The minimum atomic E-state index is -0.590. The minimum absolute atomic E-state index is 0.243.